The topological polar surface area (TPSA) is 88.5 Å². The van der Waals surface area contributed by atoms with Gasteiger partial charge in [0.2, 0.25) is 0 Å². The number of sulfone groups is 2. The molecule has 0 amide bonds. The third-order valence-electron chi connectivity index (χ3n) is 3.14. The molecule has 0 aromatic heterocycles. The average Bonchev–Trinajstić information content (AvgIpc) is 2.46. The zero-order valence-corrected chi connectivity index (χ0v) is 15.7. The highest BCUT2D eigenvalue weighted by atomic mass is 79.9. The van der Waals surface area contributed by atoms with Crippen LogP contribution in [-0.2, 0) is 26.1 Å². The molecule has 0 aliphatic rings. The summed E-state index contributed by atoms with van der Waals surface area (Å²) in [4.78, 5) is -3.88. The van der Waals surface area contributed by atoms with Crippen LogP contribution in [0.4, 0.5) is 26.3 Å². The molecule has 1 N–H and O–H groups in total. The summed E-state index contributed by atoms with van der Waals surface area (Å²) in [6.45, 7) is 0. The zero-order chi connectivity index (χ0) is 20.6. The standard InChI is InChI=1S/C12H11BrF6O5S2/c13-4-2-1-3-7-5-8(25(21,22)11(14,15)16)10(20)9(6-7)26(23,24)12(17,18)19/h5-6,20H,1-4H2. The van der Waals surface area contributed by atoms with Gasteiger partial charge in [0.15, 0.2) is 5.75 Å². The van der Waals surface area contributed by atoms with Crippen LogP contribution in [0, 0.1) is 0 Å². The first-order valence-corrected chi connectivity index (χ1v) is 10.7. The molecule has 0 aliphatic heterocycles. The Bertz CT molecular complexity index is 809. The predicted octanol–water partition coefficient (Wildman–Crippen LogP) is 3.70. The molecule has 0 saturated carbocycles. The van der Waals surface area contributed by atoms with Gasteiger partial charge in [0.1, 0.15) is 9.79 Å². The third kappa shape index (κ3) is 4.44. The maximum absolute atomic E-state index is 12.7. The Labute approximate surface area is 153 Å². The highest BCUT2D eigenvalue weighted by Crippen LogP contribution is 2.42. The number of unbranched alkanes of at least 4 members (excludes halogenated alkanes) is 1. The van der Waals surface area contributed by atoms with Crippen molar-refractivity contribution in [1.82, 2.24) is 0 Å². The number of phenols is 1. The van der Waals surface area contributed by atoms with E-state index in [0.717, 1.165) is 0 Å². The summed E-state index contributed by atoms with van der Waals surface area (Å²) in [7, 11) is -12.6. The van der Waals surface area contributed by atoms with E-state index in [1.54, 1.807) is 0 Å². The molecule has 0 bridgehead atoms. The fourth-order valence-corrected chi connectivity index (χ4v) is 4.17. The van der Waals surface area contributed by atoms with Crippen molar-refractivity contribution >= 4 is 35.6 Å². The van der Waals surface area contributed by atoms with Crippen molar-refractivity contribution in [3.8, 4) is 5.75 Å². The fraction of sp³-hybridized carbons (Fsp3) is 0.500. The van der Waals surface area contributed by atoms with Crippen molar-refractivity contribution in [1.29, 1.82) is 0 Å². The van der Waals surface area contributed by atoms with Crippen molar-refractivity contribution in [3.05, 3.63) is 17.7 Å². The second-order valence-electron chi connectivity index (χ2n) is 4.99. The summed E-state index contributed by atoms with van der Waals surface area (Å²) >= 11 is 3.05. The van der Waals surface area contributed by atoms with Gasteiger partial charge in [-0.2, -0.15) is 26.3 Å². The minimum absolute atomic E-state index is 0.202. The maximum atomic E-state index is 12.7. The van der Waals surface area contributed by atoms with Crippen molar-refractivity contribution in [2.45, 2.75) is 40.1 Å². The number of rotatable bonds is 6. The van der Waals surface area contributed by atoms with E-state index in [1.165, 1.54) is 0 Å². The van der Waals surface area contributed by atoms with Crippen molar-refractivity contribution in [2.75, 3.05) is 5.33 Å². The molecule has 150 valence electrons. The van der Waals surface area contributed by atoms with E-state index in [0.29, 0.717) is 23.9 Å². The van der Waals surface area contributed by atoms with E-state index in [9.17, 15) is 48.3 Å². The maximum Gasteiger partial charge on any atom is 0.502 e. The van der Waals surface area contributed by atoms with Gasteiger partial charge in [0.25, 0.3) is 19.7 Å². The molecule has 1 rings (SSSR count). The van der Waals surface area contributed by atoms with Gasteiger partial charge in [-0.1, -0.05) is 15.9 Å². The van der Waals surface area contributed by atoms with Gasteiger partial charge in [0, 0.05) is 5.33 Å². The number of hydrogen-bond donors (Lipinski definition) is 1. The molecule has 0 atom stereocenters. The second-order valence-corrected chi connectivity index (χ2v) is 9.60. The van der Waals surface area contributed by atoms with Crippen LogP contribution in [-0.4, -0.2) is 38.3 Å². The zero-order valence-electron chi connectivity index (χ0n) is 12.5. The van der Waals surface area contributed by atoms with E-state index in [1.807, 2.05) is 0 Å². The van der Waals surface area contributed by atoms with E-state index >= 15 is 0 Å². The summed E-state index contributed by atoms with van der Waals surface area (Å²) in [5, 5.41) is 10.1. The Kier molecular flexibility index (Phi) is 6.68. The second kappa shape index (κ2) is 7.54. The first-order valence-electron chi connectivity index (χ1n) is 6.62. The molecule has 0 aliphatic carbocycles. The first kappa shape index (κ1) is 23.0. The summed E-state index contributed by atoms with van der Waals surface area (Å²) in [6.07, 6.45) is 0.448. The van der Waals surface area contributed by atoms with Crippen LogP contribution in [0.3, 0.4) is 0 Å². The smallest absolute Gasteiger partial charge is 0.502 e. The molecule has 14 heteroatoms. The van der Waals surface area contributed by atoms with Crippen LogP contribution < -0.4 is 0 Å². The van der Waals surface area contributed by atoms with Crippen molar-refractivity contribution in [2.24, 2.45) is 0 Å². The van der Waals surface area contributed by atoms with Crippen molar-refractivity contribution < 1.29 is 48.3 Å². The molecular formula is C12H11BrF6O5S2. The van der Waals surface area contributed by atoms with Crippen LogP contribution >= 0.6 is 15.9 Å². The van der Waals surface area contributed by atoms with Crippen LogP contribution in [0.15, 0.2) is 21.9 Å². The molecular weight excluding hydrogens is 482 g/mol. The molecule has 0 spiro atoms. The molecule has 0 saturated heterocycles. The van der Waals surface area contributed by atoms with Gasteiger partial charge in [-0.3, -0.25) is 0 Å². The summed E-state index contributed by atoms with van der Waals surface area (Å²) < 4.78 is 122. The predicted molar refractivity (Wildman–Crippen MR) is 81.3 cm³/mol. The molecule has 5 nitrogen and oxygen atoms in total. The Balaban J connectivity index is 3.78. The minimum atomic E-state index is -6.28. The van der Waals surface area contributed by atoms with E-state index in [-0.39, 0.29) is 12.8 Å². The number of aryl methyl sites for hydroxylation is 1. The molecule has 0 radical (unpaired) electrons. The lowest BCUT2D eigenvalue weighted by Gasteiger charge is -2.16. The van der Waals surface area contributed by atoms with E-state index in [4.69, 9.17) is 0 Å². The lowest BCUT2D eigenvalue weighted by Crippen LogP contribution is -2.26. The van der Waals surface area contributed by atoms with Gasteiger partial charge in [-0.05, 0) is 37.0 Å². The molecule has 26 heavy (non-hydrogen) atoms. The SMILES string of the molecule is O=S(=O)(c1cc(CCCCBr)cc(S(=O)(=O)C(F)(F)F)c1O)C(F)(F)F. The Hall–Kier alpha value is -1.02. The molecule has 0 fully saturated rings. The minimum Gasteiger partial charge on any atom is -0.505 e. The normalized spacial score (nSPS) is 13.8. The van der Waals surface area contributed by atoms with Crippen LogP contribution in [0.2, 0.25) is 0 Å². The van der Waals surface area contributed by atoms with Crippen molar-refractivity contribution in [3.63, 3.8) is 0 Å². The summed E-state index contributed by atoms with van der Waals surface area (Å²) in [5.41, 5.74) is -12.3. The number of phenolic OH excluding ortho intramolecular Hbond substituents is 1. The molecule has 1 aromatic carbocycles. The Morgan fingerprint density at radius 3 is 1.54 bits per heavy atom. The van der Waals surface area contributed by atoms with Crippen LogP contribution in [0.25, 0.3) is 0 Å². The van der Waals surface area contributed by atoms with Gasteiger partial charge in [-0.15, -0.1) is 0 Å². The van der Waals surface area contributed by atoms with Crippen LogP contribution in [0.5, 0.6) is 5.75 Å². The lowest BCUT2D eigenvalue weighted by atomic mass is 10.1. The largest absolute Gasteiger partial charge is 0.505 e. The highest BCUT2D eigenvalue weighted by molar-refractivity contribution is 9.09. The highest BCUT2D eigenvalue weighted by Gasteiger charge is 2.52. The molecule has 0 unspecified atom stereocenters. The third-order valence-corrected chi connectivity index (χ3v) is 6.70. The van der Waals surface area contributed by atoms with E-state index < -0.39 is 51.8 Å². The summed E-state index contributed by atoms with van der Waals surface area (Å²) in [5.74, 6) is -2.12. The Morgan fingerprint density at radius 1 is 0.846 bits per heavy atom. The molecule has 1 aromatic rings. The number of hydrogen-bond acceptors (Lipinski definition) is 5. The van der Waals surface area contributed by atoms with Gasteiger partial charge < -0.3 is 5.11 Å². The van der Waals surface area contributed by atoms with E-state index in [2.05, 4.69) is 15.9 Å². The summed E-state index contributed by atoms with van der Waals surface area (Å²) in [6, 6.07) is 0.642. The fourth-order valence-electron chi connectivity index (χ4n) is 1.86. The van der Waals surface area contributed by atoms with Gasteiger partial charge in [0.05, 0.1) is 0 Å². The quantitative estimate of drug-likeness (QED) is 0.371. The average molecular weight is 493 g/mol. The first-order chi connectivity index (χ1) is 11.6. The number of alkyl halides is 7. The van der Waals surface area contributed by atoms with Gasteiger partial charge >= 0.3 is 11.0 Å². The van der Waals surface area contributed by atoms with Gasteiger partial charge in [-0.25, -0.2) is 16.8 Å². The lowest BCUT2D eigenvalue weighted by molar-refractivity contribution is -0.0438. The Morgan fingerprint density at radius 2 is 1.23 bits per heavy atom. The van der Waals surface area contributed by atoms with Crippen LogP contribution in [0.1, 0.15) is 18.4 Å². The number of aromatic hydroxyl groups is 1. The number of benzene rings is 1. The number of halogens is 7. The molecule has 0 heterocycles. The monoisotopic (exact) mass is 492 g/mol.